The third kappa shape index (κ3) is 8.22. The summed E-state index contributed by atoms with van der Waals surface area (Å²) in [5.74, 6) is -1.41. The van der Waals surface area contributed by atoms with Crippen molar-refractivity contribution in [1.82, 2.24) is 5.32 Å². The fourth-order valence-corrected chi connectivity index (χ4v) is 2.44. The number of esters is 1. The highest BCUT2D eigenvalue weighted by molar-refractivity contribution is 6.26. The second-order valence-corrected chi connectivity index (χ2v) is 6.04. The number of carbonyl (C=O) groups is 3. The van der Waals surface area contributed by atoms with Crippen LogP contribution in [-0.4, -0.2) is 62.4 Å². The van der Waals surface area contributed by atoms with E-state index in [9.17, 15) is 14.4 Å². The first-order valence-electron chi connectivity index (χ1n) is 8.62. The third-order valence-corrected chi connectivity index (χ3v) is 4.08. The smallest absolute Gasteiger partial charge is 0.328 e. The molecule has 1 heterocycles. The van der Waals surface area contributed by atoms with Gasteiger partial charge in [0.25, 0.3) is 0 Å². The maximum atomic E-state index is 12.5. The van der Waals surface area contributed by atoms with Gasteiger partial charge in [0.15, 0.2) is 5.78 Å². The molecule has 1 fully saturated rings. The molecule has 0 aromatic rings. The molecule has 1 saturated heterocycles. The van der Waals surface area contributed by atoms with Gasteiger partial charge in [-0.3, -0.25) is 9.59 Å². The van der Waals surface area contributed by atoms with E-state index in [0.29, 0.717) is 32.3 Å². The zero-order chi connectivity index (χ0) is 18.7. The second-order valence-electron chi connectivity index (χ2n) is 6.04. The Bertz CT molecular complexity index is 460. The van der Waals surface area contributed by atoms with Crippen molar-refractivity contribution in [1.29, 1.82) is 5.41 Å². The largest absolute Gasteiger partial charge is 0.461 e. The zero-order valence-corrected chi connectivity index (χ0v) is 14.9. The summed E-state index contributed by atoms with van der Waals surface area (Å²) in [5.41, 5.74) is 0. The number of rotatable bonds is 9. The molecule has 2 atom stereocenters. The number of ketones is 1. The number of nitrogens with one attached hydrogen (secondary N) is 2. The molecule has 1 amide bonds. The van der Waals surface area contributed by atoms with E-state index in [1.54, 1.807) is 6.92 Å². The molecule has 0 saturated carbocycles. The molecule has 0 bridgehead atoms. The highest BCUT2D eigenvalue weighted by Crippen LogP contribution is 2.15. The van der Waals surface area contributed by atoms with Crippen molar-refractivity contribution in [3.63, 3.8) is 0 Å². The number of hydrogen-bond donors (Lipinski definition) is 2. The molecule has 142 valence electrons. The summed E-state index contributed by atoms with van der Waals surface area (Å²) >= 11 is 0. The third-order valence-electron chi connectivity index (χ3n) is 4.08. The summed E-state index contributed by atoms with van der Waals surface area (Å²) in [6.45, 7) is 2.86. The van der Waals surface area contributed by atoms with Crippen LogP contribution in [0.5, 0.6) is 0 Å². The Labute approximate surface area is 148 Å². The van der Waals surface area contributed by atoms with E-state index in [1.165, 1.54) is 7.11 Å². The highest BCUT2D eigenvalue weighted by atomic mass is 16.5. The molecule has 0 spiro atoms. The minimum Gasteiger partial charge on any atom is -0.461 e. The monoisotopic (exact) mass is 356 g/mol. The van der Waals surface area contributed by atoms with Gasteiger partial charge < -0.3 is 24.9 Å². The van der Waals surface area contributed by atoms with E-state index in [1.807, 2.05) is 0 Å². The first-order chi connectivity index (χ1) is 12.0. The van der Waals surface area contributed by atoms with Gasteiger partial charge in [0.2, 0.25) is 5.91 Å². The molecule has 2 N–H and O–H groups in total. The molecular formula is C17H28N2O6. The van der Waals surface area contributed by atoms with Gasteiger partial charge in [-0.05, 0) is 39.0 Å². The van der Waals surface area contributed by atoms with Crippen molar-refractivity contribution >= 4 is 23.9 Å². The Hall–Kier alpha value is -1.80. The Balaban J connectivity index is 2.66. The van der Waals surface area contributed by atoms with Crippen LogP contribution in [-0.2, 0) is 28.6 Å². The molecule has 1 aliphatic rings. The standard InChI is InChI=1S/C17H28N2O6/c1-12(23-2)16(21)19-15(8-7-13(20)11-18)17(22)25-14-5-3-9-24-10-4-6-14/h11-12,14-15,18H,3-10H2,1-2H3,(H,19,21)/t12-,15-/m0/s1. The topological polar surface area (TPSA) is 115 Å². The Morgan fingerprint density at radius 3 is 2.48 bits per heavy atom. The predicted octanol–water partition coefficient (Wildman–Crippen LogP) is 1.01. The molecular weight excluding hydrogens is 328 g/mol. The molecule has 25 heavy (non-hydrogen) atoms. The number of amides is 1. The predicted molar refractivity (Wildman–Crippen MR) is 90.6 cm³/mol. The summed E-state index contributed by atoms with van der Waals surface area (Å²) in [4.78, 5) is 35.8. The second kappa shape index (κ2) is 11.7. The molecule has 1 rings (SSSR count). The quantitative estimate of drug-likeness (QED) is 0.471. The van der Waals surface area contributed by atoms with Crippen molar-refractivity contribution < 1.29 is 28.6 Å². The van der Waals surface area contributed by atoms with Gasteiger partial charge in [0.05, 0.1) is 6.21 Å². The Morgan fingerprint density at radius 1 is 1.28 bits per heavy atom. The summed E-state index contributed by atoms with van der Waals surface area (Å²) in [5, 5.41) is 9.51. The van der Waals surface area contributed by atoms with Crippen LogP contribution in [0.25, 0.3) is 0 Å². The van der Waals surface area contributed by atoms with Crippen LogP contribution in [0.3, 0.4) is 0 Å². The lowest BCUT2D eigenvalue weighted by atomic mass is 10.1. The van der Waals surface area contributed by atoms with Crippen molar-refractivity contribution in [2.45, 2.75) is 63.7 Å². The van der Waals surface area contributed by atoms with Crippen LogP contribution in [0.1, 0.15) is 45.4 Å². The van der Waals surface area contributed by atoms with Gasteiger partial charge in [-0.1, -0.05) is 0 Å². The van der Waals surface area contributed by atoms with E-state index in [0.717, 1.165) is 12.8 Å². The van der Waals surface area contributed by atoms with Crippen molar-refractivity contribution in [3.05, 3.63) is 0 Å². The van der Waals surface area contributed by atoms with Crippen molar-refractivity contribution in [2.75, 3.05) is 20.3 Å². The molecule has 0 radical (unpaired) electrons. The van der Waals surface area contributed by atoms with E-state index in [2.05, 4.69) is 5.32 Å². The van der Waals surface area contributed by atoms with E-state index < -0.39 is 29.8 Å². The number of hydrogen-bond acceptors (Lipinski definition) is 7. The molecule has 0 aromatic carbocycles. The molecule has 0 aromatic heterocycles. The maximum absolute atomic E-state index is 12.5. The van der Waals surface area contributed by atoms with Crippen molar-refractivity contribution in [3.8, 4) is 0 Å². The van der Waals surface area contributed by atoms with E-state index in [-0.39, 0.29) is 18.9 Å². The number of methoxy groups -OCH3 is 1. The summed E-state index contributed by atoms with van der Waals surface area (Å²) < 4.78 is 15.9. The molecule has 8 nitrogen and oxygen atoms in total. The zero-order valence-electron chi connectivity index (χ0n) is 14.9. The fraction of sp³-hybridized carbons (Fsp3) is 0.765. The Morgan fingerprint density at radius 2 is 1.92 bits per heavy atom. The minimum atomic E-state index is -0.935. The van der Waals surface area contributed by atoms with Crippen LogP contribution >= 0.6 is 0 Å². The minimum absolute atomic E-state index is 0.0105. The first kappa shape index (κ1) is 21.2. The highest BCUT2D eigenvalue weighted by Gasteiger charge is 2.27. The summed E-state index contributed by atoms with van der Waals surface area (Å²) in [6.07, 6.45) is 2.89. The lowest BCUT2D eigenvalue weighted by Crippen LogP contribution is -2.47. The molecule has 8 heteroatoms. The normalized spacial score (nSPS) is 18.3. The van der Waals surface area contributed by atoms with Crippen LogP contribution in [0, 0.1) is 5.41 Å². The summed E-state index contributed by atoms with van der Waals surface area (Å²) in [6, 6.07) is -0.935. The Kier molecular flexibility index (Phi) is 9.94. The first-order valence-corrected chi connectivity index (χ1v) is 8.62. The number of ether oxygens (including phenoxy) is 3. The number of Topliss-reactive ketones (excluding diaryl/α,β-unsaturated/α-hetero) is 1. The van der Waals surface area contributed by atoms with Gasteiger partial charge in [-0.15, -0.1) is 0 Å². The van der Waals surface area contributed by atoms with Gasteiger partial charge in [-0.25, -0.2) is 4.79 Å². The molecule has 0 aliphatic carbocycles. The van der Waals surface area contributed by atoms with Crippen LogP contribution in [0.2, 0.25) is 0 Å². The van der Waals surface area contributed by atoms with E-state index in [4.69, 9.17) is 19.6 Å². The van der Waals surface area contributed by atoms with Gasteiger partial charge in [0, 0.05) is 26.7 Å². The van der Waals surface area contributed by atoms with Crippen LogP contribution in [0.15, 0.2) is 0 Å². The van der Waals surface area contributed by atoms with Crippen LogP contribution < -0.4 is 5.32 Å². The van der Waals surface area contributed by atoms with Gasteiger partial charge in [-0.2, -0.15) is 0 Å². The average Bonchev–Trinajstić information content (AvgIpc) is 2.59. The van der Waals surface area contributed by atoms with Gasteiger partial charge >= 0.3 is 5.97 Å². The summed E-state index contributed by atoms with van der Waals surface area (Å²) in [7, 11) is 1.40. The van der Waals surface area contributed by atoms with Gasteiger partial charge in [0.1, 0.15) is 18.2 Å². The molecule has 1 aliphatic heterocycles. The van der Waals surface area contributed by atoms with Crippen LogP contribution in [0.4, 0.5) is 0 Å². The lowest BCUT2D eigenvalue weighted by molar-refractivity contribution is -0.155. The lowest BCUT2D eigenvalue weighted by Gasteiger charge is -2.24. The van der Waals surface area contributed by atoms with E-state index >= 15 is 0 Å². The number of carbonyl (C=O) groups excluding carboxylic acids is 3. The maximum Gasteiger partial charge on any atom is 0.328 e. The SMILES string of the molecule is CO[C@@H](C)C(=O)N[C@@H](CCC(=O)C=N)C(=O)OC1CCCOCCC1. The van der Waals surface area contributed by atoms with Crippen molar-refractivity contribution in [2.24, 2.45) is 0 Å². The average molecular weight is 356 g/mol. The fourth-order valence-electron chi connectivity index (χ4n) is 2.44. The molecule has 0 unspecified atom stereocenters.